The molecule has 0 saturated heterocycles. The lowest BCUT2D eigenvalue weighted by Crippen LogP contribution is -2.15. The number of anilines is 1. The smallest absolute Gasteiger partial charge is 0.264 e. The van der Waals surface area contributed by atoms with Crippen LogP contribution in [-0.2, 0) is 21.2 Å². The van der Waals surface area contributed by atoms with Crippen LogP contribution in [0, 0.1) is 0 Å². The fraction of sp³-hybridized carbons (Fsp3) is 0.0588. The number of hydrogen-bond acceptors (Lipinski definition) is 4. The number of carbonyl (C=O) groups is 1. The Morgan fingerprint density at radius 1 is 1.04 bits per heavy atom. The van der Waals surface area contributed by atoms with Gasteiger partial charge in [-0.1, -0.05) is 30.3 Å². The van der Waals surface area contributed by atoms with Crippen molar-refractivity contribution >= 4 is 32.5 Å². The summed E-state index contributed by atoms with van der Waals surface area (Å²) in [5, 5.41) is 0.747. The van der Waals surface area contributed by atoms with Gasteiger partial charge in [-0.2, -0.15) is 0 Å². The van der Waals surface area contributed by atoms with Crippen molar-refractivity contribution in [3.8, 4) is 0 Å². The van der Waals surface area contributed by atoms with Crippen molar-refractivity contribution in [2.45, 2.75) is 11.3 Å². The third-order valence-electron chi connectivity index (χ3n) is 3.47. The molecule has 0 unspecified atom stereocenters. The molecule has 3 rings (SSSR count). The molecule has 3 N–H and O–H groups in total. The number of para-hydroxylation sites is 1. The molecular weight excluding hydrogens is 326 g/mol. The van der Waals surface area contributed by atoms with Gasteiger partial charge in [0.1, 0.15) is 4.90 Å². The molecule has 1 amide bonds. The van der Waals surface area contributed by atoms with Gasteiger partial charge < -0.3 is 5.73 Å². The van der Waals surface area contributed by atoms with Gasteiger partial charge in [0.25, 0.3) is 10.0 Å². The number of fused-ring (bicyclic) bond motifs is 1. The number of aromatic nitrogens is 1. The zero-order chi connectivity index (χ0) is 17.2. The number of primary amides is 1. The quantitative estimate of drug-likeness (QED) is 0.741. The summed E-state index contributed by atoms with van der Waals surface area (Å²) in [7, 11) is -3.78. The average molecular weight is 341 g/mol. The monoisotopic (exact) mass is 341 g/mol. The van der Waals surface area contributed by atoms with E-state index < -0.39 is 15.9 Å². The minimum absolute atomic E-state index is 0.111. The summed E-state index contributed by atoms with van der Waals surface area (Å²) in [6, 6.07) is 15.0. The molecule has 0 aliphatic heterocycles. The van der Waals surface area contributed by atoms with E-state index in [4.69, 9.17) is 5.73 Å². The van der Waals surface area contributed by atoms with Crippen molar-refractivity contribution in [2.75, 3.05) is 4.72 Å². The van der Waals surface area contributed by atoms with Gasteiger partial charge >= 0.3 is 0 Å². The third-order valence-corrected chi connectivity index (χ3v) is 4.88. The van der Waals surface area contributed by atoms with E-state index in [2.05, 4.69) is 9.71 Å². The van der Waals surface area contributed by atoms with Gasteiger partial charge in [0.2, 0.25) is 5.91 Å². The molecule has 0 spiro atoms. The summed E-state index contributed by atoms with van der Waals surface area (Å²) < 4.78 is 27.8. The van der Waals surface area contributed by atoms with Crippen molar-refractivity contribution in [3.63, 3.8) is 0 Å². The predicted octanol–water partition coefficient (Wildman–Crippen LogP) is 2.06. The molecule has 0 saturated carbocycles. The lowest BCUT2D eigenvalue weighted by atomic mass is 10.1. The number of benzene rings is 2. The minimum Gasteiger partial charge on any atom is -0.369 e. The summed E-state index contributed by atoms with van der Waals surface area (Å²) in [6.07, 6.45) is 1.67. The van der Waals surface area contributed by atoms with Crippen LogP contribution < -0.4 is 10.5 Å². The van der Waals surface area contributed by atoms with Gasteiger partial charge in [-0.3, -0.25) is 14.5 Å². The Morgan fingerprint density at radius 2 is 1.75 bits per heavy atom. The van der Waals surface area contributed by atoms with Crippen molar-refractivity contribution in [1.82, 2.24) is 4.98 Å². The first-order valence-corrected chi connectivity index (χ1v) is 8.68. The topological polar surface area (TPSA) is 102 Å². The normalized spacial score (nSPS) is 11.3. The lowest BCUT2D eigenvalue weighted by molar-refractivity contribution is -0.117. The molecule has 0 bridgehead atoms. The Morgan fingerprint density at radius 3 is 2.46 bits per heavy atom. The molecule has 0 atom stereocenters. The number of nitrogens with two attached hydrogens (primary N) is 1. The van der Waals surface area contributed by atoms with Crippen molar-refractivity contribution in [2.24, 2.45) is 5.73 Å². The molecular formula is C17H15N3O3S. The molecule has 0 fully saturated rings. The van der Waals surface area contributed by atoms with E-state index in [0.717, 1.165) is 10.9 Å². The average Bonchev–Trinajstić information content (AvgIpc) is 2.55. The van der Waals surface area contributed by atoms with Gasteiger partial charge in [-0.15, -0.1) is 0 Å². The van der Waals surface area contributed by atoms with Crippen LogP contribution in [0.2, 0.25) is 0 Å². The van der Waals surface area contributed by atoms with Crippen LogP contribution in [-0.4, -0.2) is 19.3 Å². The van der Waals surface area contributed by atoms with E-state index in [9.17, 15) is 13.2 Å². The molecule has 122 valence electrons. The van der Waals surface area contributed by atoms with Crippen LogP contribution >= 0.6 is 0 Å². The number of hydrogen-bond donors (Lipinski definition) is 2. The van der Waals surface area contributed by atoms with Crippen molar-refractivity contribution in [1.29, 1.82) is 0 Å². The highest BCUT2D eigenvalue weighted by Crippen LogP contribution is 2.23. The molecule has 1 aromatic heterocycles. The maximum Gasteiger partial charge on any atom is 0.264 e. The van der Waals surface area contributed by atoms with Crippen molar-refractivity contribution < 1.29 is 13.2 Å². The van der Waals surface area contributed by atoms with Crippen LogP contribution in [0.1, 0.15) is 5.56 Å². The maximum atomic E-state index is 12.7. The van der Waals surface area contributed by atoms with Gasteiger partial charge in [0, 0.05) is 17.3 Å². The second-order valence-corrected chi connectivity index (χ2v) is 6.93. The first-order chi connectivity index (χ1) is 11.5. The maximum absolute atomic E-state index is 12.7. The molecule has 0 aliphatic carbocycles. The highest BCUT2D eigenvalue weighted by Gasteiger charge is 2.18. The molecule has 2 aromatic carbocycles. The number of sulfonamides is 1. The summed E-state index contributed by atoms with van der Waals surface area (Å²) in [5.74, 6) is -0.440. The minimum atomic E-state index is -3.78. The highest BCUT2D eigenvalue weighted by atomic mass is 32.2. The predicted molar refractivity (Wildman–Crippen MR) is 91.9 cm³/mol. The van der Waals surface area contributed by atoms with E-state index in [-0.39, 0.29) is 11.3 Å². The second-order valence-electron chi connectivity index (χ2n) is 5.28. The second kappa shape index (κ2) is 6.29. The number of pyridine rings is 1. The highest BCUT2D eigenvalue weighted by molar-refractivity contribution is 7.93. The fourth-order valence-electron chi connectivity index (χ4n) is 2.40. The van der Waals surface area contributed by atoms with Gasteiger partial charge in [0.15, 0.2) is 0 Å². The Labute approximate surface area is 139 Å². The lowest BCUT2D eigenvalue weighted by Gasteiger charge is -2.10. The van der Waals surface area contributed by atoms with E-state index in [1.54, 1.807) is 54.7 Å². The summed E-state index contributed by atoms with van der Waals surface area (Å²) in [4.78, 5) is 15.2. The molecule has 24 heavy (non-hydrogen) atoms. The van der Waals surface area contributed by atoms with Crippen LogP contribution in [0.25, 0.3) is 10.9 Å². The van der Waals surface area contributed by atoms with Crippen LogP contribution in [0.3, 0.4) is 0 Å². The van der Waals surface area contributed by atoms with E-state index in [0.29, 0.717) is 11.2 Å². The van der Waals surface area contributed by atoms with Crippen LogP contribution in [0.4, 0.5) is 5.69 Å². The summed E-state index contributed by atoms with van der Waals surface area (Å²) in [6.45, 7) is 0. The largest absolute Gasteiger partial charge is 0.369 e. The molecule has 0 aliphatic rings. The Kier molecular flexibility index (Phi) is 4.18. The zero-order valence-corrected chi connectivity index (χ0v) is 13.5. The number of rotatable bonds is 5. The van der Waals surface area contributed by atoms with Gasteiger partial charge in [-0.25, -0.2) is 8.42 Å². The molecule has 7 heteroatoms. The number of nitrogens with one attached hydrogen (secondary N) is 1. The summed E-state index contributed by atoms with van der Waals surface area (Å²) in [5.41, 5.74) is 6.67. The van der Waals surface area contributed by atoms with E-state index in [1.807, 2.05) is 0 Å². The molecule has 3 aromatic rings. The number of nitrogens with zero attached hydrogens (tertiary/aromatic N) is 1. The Bertz CT molecular complexity index is 994. The van der Waals surface area contributed by atoms with E-state index >= 15 is 0 Å². The molecule has 6 nitrogen and oxygen atoms in total. The Balaban J connectivity index is 1.92. The third kappa shape index (κ3) is 3.36. The van der Waals surface area contributed by atoms with Gasteiger partial charge in [0.05, 0.1) is 11.9 Å². The van der Waals surface area contributed by atoms with Gasteiger partial charge in [-0.05, 0) is 29.8 Å². The standard InChI is InChI=1S/C17H15N3O3S/c18-16(21)11-12-6-8-14(9-7-12)20-24(22,23)15-5-1-3-13-4-2-10-19-17(13)15/h1-10,20H,11H2,(H2,18,21). The van der Waals surface area contributed by atoms with Crippen molar-refractivity contribution in [3.05, 3.63) is 66.4 Å². The van der Waals surface area contributed by atoms with E-state index in [1.165, 1.54) is 6.07 Å². The number of amides is 1. The summed E-state index contributed by atoms with van der Waals surface area (Å²) >= 11 is 0. The first-order valence-electron chi connectivity index (χ1n) is 7.19. The van der Waals surface area contributed by atoms with Crippen LogP contribution in [0.5, 0.6) is 0 Å². The number of carbonyl (C=O) groups excluding carboxylic acids is 1. The zero-order valence-electron chi connectivity index (χ0n) is 12.6. The fourth-order valence-corrected chi connectivity index (χ4v) is 3.63. The SMILES string of the molecule is NC(=O)Cc1ccc(NS(=O)(=O)c2cccc3cccnc23)cc1. The Hall–Kier alpha value is -2.93. The van der Waals surface area contributed by atoms with Crippen LogP contribution in [0.15, 0.2) is 65.7 Å². The first kappa shape index (κ1) is 15.9. The molecule has 0 radical (unpaired) electrons. The molecule has 1 heterocycles.